The fraction of sp³-hybridized carbons (Fsp3) is 0.364. The minimum atomic E-state index is 0.895. The smallest absolute Gasteiger partial charge is 0.120 e. The van der Waals surface area contributed by atoms with E-state index in [0.717, 1.165) is 16.3 Å². The van der Waals surface area contributed by atoms with Crippen molar-refractivity contribution in [2.75, 3.05) is 7.11 Å². The summed E-state index contributed by atoms with van der Waals surface area (Å²) in [7, 11) is 1.68. The van der Waals surface area contributed by atoms with Crippen LogP contribution in [0.4, 0.5) is 0 Å². The van der Waals surface area contributed by atoms with Crippen molar-refractivity contribution in [1.82, 2.24) is 4.98 Å². The second kappa shape index (κ2) is 4.96. The predicted octanol–water partition coefficient (Wildman–Crippen LogP) is 3.64. The maximum Gasteiger partial charge on any atom is 0.120 e. The molecule has 3 heteroatoms. The number of methoxy groups -OCH3 is 1. The highest BCUT2D eigenvalue weighted by Crippen LogP contribution is 2.25. The molecular formula is C11H15NOS. The van der Waals surface area contributed by atoms with Gasteiger partial charge in [0.2, 0.25) is 0 Å². The van der Waals surface area contributed by atoms with Crippen LogP contribution in [-0.4, -0.2) is 12.1 Å². The van der Waals surface area contributed by atoms with Gasteiger partial charge in [-0.1, -0.05) is 13.8 Å². The normalized spacial score (nSPS) is 9.43. The first-order valence-electron chi connectivity index (χ1n) is 4.71. The zero-order valence-electron chi connectivity index (χ0n) is 9.00. The number of nitrogens with zero attached hydrogens (tertiary/aromatic N) is 1. The second-order valence-corrected chi connectivity index (χ2v) is 3.80. The fourth-order valence-electron chi connectivity index (χ4n) is 1.15. The SMILES string of the molecule is CC.COc1ccc2nc(C)sc2c1. The number of aromatic nitrogens is 1. The average molecular weight is 209 g/mol. The van der Waals surface area contributed by atoms with E-state index < -0.39 is 0 Å². The van der Waals surface area contributed by atoms with Gasteiger partial charge >= 0.3 is 0 Å². The molecule has 0 atom stereocenters. The summed E-state index contributed by atoms with van der Waals surface area (Å²) < 4.78 is 6.30. The van der Waals surface area contributed by atoms with Crippen molar-refractivity contribution < 1.29 is 4.74 Å². The van der Waals surface area contributed by atoms with Crippen LogP contribution in [0.3, 0.4) is 0 Å². The maximum atomic E-state index is 5.11. The number of benzene rings is 1. The Balaban J connectivity index is 0.000000461. The van der Waals surface area contributed by atoms with Gasteiger partial charge in [-0.05, 0) is 25.1 Å². The van der Waals surface area contributed by atoms with Crippen LogP contribution in [0.2, 0.25) is 0 Å². The molecular weight excluding hydrogens is 194 g/mol. The zero-order valence-corrected chi connectivity index (χ0v) is 9.81. The van der Waals surface area contributed by atoms with Gasteiger partial charge in [0.25, 0.3) is 0 Å². The molecule has 76 valence electrons. The summed E-state index contributed by atoms with van der Waals surface area (Å²) in [6, 6.07) is 5.93. The lowest BCUT2D eigenvalue weighted by atomic mass is 10.3. The van der Waals surface area contributed by atoms with E-state index in [-0.39, 0.29) is 0 Å². The van der Waals surface area contributed by atoms with Crippen LogP contribution in [0.25, 0.3) is 10.2 Å². The Bertz CT molecular complexity index is 409. The van der Waals surface area contributed by atoms with E-state index in [2.05, 4.69) is 4.98 Å². The van der Waals surface area contributed by atoms with Gasteiger partial charge in [-0.25, -0.2) is 4.98 Å². The molecule has 1 heterocycles. The average Bonchev–Trinajstić information content (AvgIpc) is 2.59. The largest absolute Gasteiger partial charge is 0.497 e. The summed E-state index contributed by atoms with van der Waals surface area (Å²) in [5, 5.41) is 1.10. The maximum absolute atomic E-state index is 5.11. The van der Waals surface area contributed by atoms with E-state index in [9.17, 15) is 0 Å². The molecule has 1 aromatic heterocycles. The fourth-order valence-corrected chi connectivity index (χ4v) is 2.00. The summed E-state index contributed by atoms with van der Waals surface area (Å²) in [4.78, 5) is 4.35. The minimum Gasteiger partial charge on any atom is -0.497 e. The Labute approximate surface area is 88.6 Å². The van der Waals surface area contributed by atoms with Gasteiger partial charge in [-0.3, -0.25) is 0 Å². The first-order valence-corrected chi connectivity index (χ1v) is 5.52. The van der Waals surface area contributed by atoms with Gasteiger partial charge in [0.1, 0.15) is 5.75 Å². The molecule has 0 radical (unpaired) electrons. The lowest BCUT2D eigenvalue weighted by Crippen LogP contribution is -1.80. The number of rotatable bonds is 1. The highest BCUT2D eigenvalue weighted by Gasteiger charge is 2.00. The first kappa shape index (κ1) is 11.0. The Morgan fingerprint density at radius 3 is 2.64 bits per heavy atom. The standard InChI is InChI=1S/C9H9NOS.C2H6/c1-6-10-8-4-3-7(11-2)5-9(8)12-6;1-2/h3-5H,1-2H3;1-2H3. The van der Waals surface area contributed by atoms with E-state index in [1.807, 2.05) is 39.0 Å². The van der Waals surface area contributed by atoms with Crippen molar-refractivity contribution in [2.24, 2.45) is 0 Å². The van der Waals surface area contributed by atoms with Crippen molar-refractivity contribution in [3.8, 4) is 5.75 Å². The Morgan fingerprint density at radius 2 is 2.00 bits per heavy atom. The Kier molecular flexibility index (Phi) is 3.89. The summed E-state index contributed by atoms with van der Waals surface area (Å²) >= 11 is 1.69. The third-order valence-corrected chi connectivity index (χ3v) is 2.64. The molecule has 2 aromatic rings. The summed E-state index contributed by atoms with van der Waals surface area (Å²) in [6.07, 6.45) is 0. The molecule has 0 spiro atoms. The van der Waals surface area contributed by atoms with Crippen LogP contribution in [0.1, 0.15) is 18.9 Å². The van der Waals surface area contributed by atoms with E-state index in [1.54, 1.807) is 18.4 Å². The topological polar surface area (TPSA) is 22.1 Å². The van der Waals surface area contributed by atoms with Crippen LogP contribution in [0.15, 0.2) is 18.2 Å². The van der Waals surface area contributed by atoms with Gasteiger partial charge in [0.05, 0.1) is 22.3 Å². The first-order chi connectivity index (χ1) is 6.79. The Hall–Kier alpha value is -1.09. The second-order valence-electron chi connectivity index (χ2n) is 2.57. The molecule has 0 saturated carbocycles. The number of fused-ring (bicyclic) bond motifs is 1. The Morgan fingerprint density at radius 1 is 1.29 bits per heavy atom. The number of thiazole rings is 1. The van der Waals surface area contributed by atoms with Gasteiger partial charge in [-0.2, -0.15) is 0 Å². The summed E-state index contributed by atoms with van der Waals surface area (Å²) in [5.74, 6) is 0.895. The quantitative estimate of drug-likeness (QED) is 0.715. The highest BCUT2D eigenvalue weighted by molar-refractivity contribution is 7.18. The molecule has 0 aliphatic heterocycles. The van der Waals surface area contributed by atoms with Crippen molar-refractivity contribution >= 4 is 21.6 Å². The molecule has 0 fully saturated rings. The molecule has 2 rings (SSSR count). The minimum absolute atomic E-state index is 0.895. The zero-order chi connectivity index (χ0) is 10.6. The van der Waals surface area contributed by atoms with E-state index >= 15 is 0 Å². The summed E-state index contributed by atoms with van der Waals surface area (Å²) in [5.41, 5.74) is 1.05. The van der Waals surface area contributed by atoms with E-state index in [1.165, 1.54) is 4.70 Å². The number of ether oxygens (including phenoxy) is 1. The van der Waals surface area contributed by atoms with Crippen LogP contribution >= 0.6 is 11.3 Å². The molecule has 2 nitrogen and oxygen atoms in total. The lowest BCUT2D eigenvalue weighted by Gasteiger charge is -1.96. The van der Waals surface area contributed by atoms with Gasteiger partial charge in [0.15, 0.2) is 0 Å². The van der Waals surface area contributed by atoms with Crippen LogP contribution < -0.4 is 4.74 Å². The molecule has 0 amide bonds. The van der Waals surface area contributed by atoms with Crippen LogP contribution in [0, 0.1) is 6.92 Å². The highest BCUT2D eigenvalue weighted by atomic mass is 32.1. The lowest BCUT2D eigenvalue weighted by molar-refractivity contribution is 0.415. The van der Waals surface area contributed by atoms with Crippen LogP contribution in [-0.2, 0) is 0 Å². The molecule has 0 bridgehead atoms. The third kappa shape index (κ3) is 2.23. The third-order valence-electron chi connectivity index (χ3n) is 1.70. The number of aryl methyl sites for hydroxylation is 1. The van der Waals surface area contributed by atoms with Crippen molar-refractivity contribution in [1.29, 1.82) is 0 Å². The molecule has 0 aliphatic rings. The number of hydrogen-bond donors (Lipinski definition) is 0. The van der Waals surface area contributed by atoms with Gasteiger partial charge in [0, 0.05) is 0 Å². The van der Waals surface area contributed by atoms with Gasteiger partial charge < -0.3 is 4.74 Å². The monoisotopic (exact) mass is 209 g/mol. The summed E-state index contributed by atoms with van der Waals surface area (Å²) in [6.45, 7) is 6.01. The number of hydrogen-bond acceptors (Lipinski definition) is 3. The van der Waals surface area contributed by atoms with Crippen molar-refractivity contribution in [2.45, 2.75) is 20.8 Å². The molecule has 1 aromatic carbocycles. The molecule has 0 N–H and O–H groups in total. The molecule has 14 heavy (non-hydrogen) atoms. The van der Waals surface area contributed by atoms with E-state index in [4.69, 9.17) is 4.74 Å². The molecule has 0 aliphatic carbocycles. The molecule has 0 saturated heterocycles. The van der Waals surface area contributed by atoms with E-state index in [0.29, 0.717) is 0 Å². The predicted molar refractivity (Wildman–Crippen MR) is 62.3 cm³/mol. The van der Waals surface area contributed by atoms with Gasteiger partial charge in [-0.15, -0.1) is 11.3 Å². The van der Waals surface area contributed by atoms with Crippen molar-refractivity contribution in [3.63, 3.8) is 0 Å². The van der Waals surface area contributed by atoms with Crippen LogP contribution in [0.5, 0.6) is 5.75 Å². The van der Waals surface area contributed by atoms with Crippen molar-refractivity contribution in [3.05, 3.63) is 23.2 Å². The molecule has 0 unspecified atom stereocenters.